The molecule has 0 aromatic rings. The average Bonchev–Trinajstić information content (AvgIpc) is 2.18. The summed E-state index contributed by atoms with van der Waals surface area (Å²) in [5.41, 5.74) is 2.43. The Balaban J connectivity index is 2.35. The van der Waals surface area contributed by atoms with Crippen LogP contribution in [0.4, 0.5) is 0 Å². The summed E-state index contributed by atoms with van der Waals surface area (Å²) < 4.78 is 0. The Morgan fingerprint density at radius 2 is 2.08 bits per heavy atom. The quantitative estimate of drug-likeness (QED) is 0.515. The van der Waals surface area contributed by atoms with Crippen molar-refractivity contribution in [1.82, 2.24) is 0 Å². The molecule has 1 heteroatoms. The average molecular weight is 174 g/mol. The van der Waals surface area contributed by atoms with Crippen molar-refractivity contribution in [2.24, 2.45) is 5.92 Å². The van der Waals surface area contributed by atoms with Gasteiger partial charge in [0.05, 0.1) is 0 Å². The third kappa shape index (κ3) is 1.42. The van der Waals surface area contributed by atoms with Crippen molar-refractivity contribution in [3.63, 3.8) is 0 Å². The number of fused-ring (bicyclic) bond motifs is 1. The second-order valence-corrected chi connectivity index (χ2v) is 3.91. The first kappa shape index (κ1) is 8.56. The molecule has 0 amide bonds. The highest BCUT2D eigenvalue weighted by atomic mass is 16.1. The number of allylic oxidation sites excluding steroid dienone is 2. The predicted octanol–water partition coefficient (Wildman–Crippen LogP) is 2.47. The molecule has 2 aliphatic carbocycles. The first-order valence-electron chi connectivity index (χ1n) is 5.04. The molecule has 0 N–H and O–H groups in total. The first-order chi connectivity index (χ1) is 6.33. The monoisotopic (exact) mass is 174 g/mol. The molecular formula is C12H14O. The number of Topliss-reactive ketones (excluding diaryl/α,β-unsaturated/α-hetero) is 1. The third-order valence-corrected chi connectivity index (χ3v) is 3.16. The van der Waals surface area contributed by atoms with Crippen LogP contribution in [0.25, 0.3) is 0 Å². The number of terminal acetylenes is 1. The summed E-state index contributed by atoms with van der Waals surface area (Å²) in [7, 11) is 0. The molecule has 1 fully saturated rings. The molecule has 0 bridgehead atoms. The van der Waals surface area contributed by atoms with E-state index in [9.17, 15) is 4.79 Å². The van der Waals surface area contributed by atoms with E-state index >= 15 is 0 Å². The molecule has 1 unspecified atom stereocenters. The summed E-state index contributed by atoms with van der Waals surface area (Å²) in [6.45, 7) is 0. The van der Waals surface area contributed by atoms with Crippen molar-refractivity contribution in [1.29, 1.82) is 0 Å². The fraction of sp³-hybridized carbons (Fsp3) is 0.583. The molecule has 0 aromatic carbocycles. The third-order valence-electron chi connectivity index (χ3n) is 3.16. The van der Waals surface area contributed by atoms with Crippen molar-refractivity contribution < 1.29 is 4.79 Å². The van der Waals surface area contributed by atoms with E-state index in [1.54, 1.807) is 0 Å². The Morgan fingerprint density at radius 3 is 2.85 bits per heavy atom. The van der Waals surface area contributed by atoms with E-state index in [0.717, 1.165) is 44.1 Å². The summed E-state index contributed by atoms with van der Waals surface area (Å²) >= 11 is 0. The lowest BCUT2D eigenvalue weighted by Crippen LogP contribution is -2.25. The maximum absolute atomic E-state index is 11.6. The van der Waals surface area contributed by atoms with Crippen LogP contribution in [-0.4, -0.2) is 5.78 Å². The molecule has 0 heterocycles. The Bertz CT molecular complexity index is 304. The molecule has 0 aliphatic heterocycles. The van der Waals surface area contributed by atoms with Crippen LogP contribution in [0.2, 0.25) is 0 Å². The fourth-order valence-corrected chi connectivity index (χ4v) is 2.50. The van der Waals surface area contributed by atoms with Gasteiger partial charge in [-0.3, -0.25) is 4.79 Å². The Hall–Kier alpha value is -1.03. The second kappa shape index (κ2) is 3.38. The normalized spacial score (nSPS) is 28.2. The van der Waals surface area contributed by atoms with Crippen molar-refractivity contribution in [3.8, 4) is 12.3 Å². The van der Waals surface area contributed by atoms with Gasteiger partial charge in [-0.05, 0) is 37.7 Å². The molecule has 1 nitrogen and oxygen atoms in total. The van der Waals surface area contributed by atoms with E-state index in [2.05, 4.69) is 5.92 Å². The number of rotatable bonds is 0. The van der Waals surface area contributed by atoms with Crippen LogP contribution in [-0.2, 0) is 4.79 Å². The predicted molar refractivity (Wildman–Crippen MR) is 52.1 cm³/mol. The van der Waals surface area contributed by atoms with Crippen molar-refractivity contribution in [3.05, 3.63) is 11.1 Å². The maximum atomic E-state index is 11.6. The van der Waals surface area contributed by atoms with Crippen molar-refractivity contribution in [2.75, 3.05) is 0 Å². The summed E-state index contributed by atoms with van der Waals surface area (Å²) in [5, 5.41) is 0. The van der Waals surface area contributed by atoms with Crippen LogP contribution in [0, 0.1) is 18.3 Å². The Morgan fingerprint density at radius 1 is 1.23 bits per heavy atom. The minimum absolute atomic E-state index is 0.202. The number of hydrogen-bond donors (Lipinski definition) is 0. The summed E-state index contributed by atoms with van der Waals surface area (Å²) in [4.78, 5) is 11.6. The molecular weight excluding hydrogens is 160 g/mol. The maximum Gasteiger partial charge on any atom is 0.140 e. The minimum Gasteiger partial charge on any atom is -0.299 e. The molecule has 2 rings (SSSR count). The van der Waals surface area contributed by atoms with Gasteiger partial charge in [-0.15, -0.1) is 6.42 Å². The number of hydrogen-bond acceptors (Lipinski definition) is 1. The number of ketones is 1. The molecule has 0 spiro atoms. The van der Waals surface area contributed by atoms with Gasteiger partial charge in [0.1, 0.15) is 5.78 Å². The molecule has 68 valence electrons. The zero-order valence-electron chi connectivity index (χ0n) is 7.81. The highest BCUT2D eigenvalue weighted by molar-refractivity contribution is 5.85. The van der Waals surface area contributed by atoms with Crippen LogP contribution >= 0.6 is 0 Å². The second-order valence-electron chi connectivity index (χ2n) is 3.91. The number of carbonyl (C=O) groups is 1. The van der Waals surface area contributed by atoms with Crippen LogP contribution in [0.1, 0.15) is 38.5 Å². The van der Waals surface area contributed by atoms with Gasteiger partial charge in [0, 0.05) is 17.9 Å². The van der Waals surface area contributed by atoms with Crippen LogP contribution in [0.3, 0.4) is 0 Å². The highest BCUT2D eigenvalue weighted by Crippen LogP contribution is 2.37. The summed E-state index contributed by atoms with van der Waals surface area (Å²) in [6, 6.07) is 0. The lowest BCUT2D eigenvalue weighted by atomic mass is 9.74. The van der Waals surface area contributed by atoms with E-state index in [-0.39, 0.29) is 5.92 Å². The van der Waals surface area contributed by atoms with E-state index in [1.807, 2.05) is 0 Å². The number of carbonyl (C=O) groups excluding carboxylic acids is 1. The van der Waals surface area contributed by atoms with E-state index in [1.165, 1.54) is 5.57 Å². The van der Waals surface area contributed by atoms with Crippen LogP contribution in [0.5, 0.6) is 0 Å². The van der Waals surface area contributed by atoms with E-state index in [4.69, 9.17) is 6.42 Å². The zero-order valence-corrected chi connectivity index (χ0v) is 7.81. The molecule has 2 aliphatic rings. The highest BCUT2D eigenvalue weighted by Gasteiger charge is 2.30. The van der Waals surface area contributed by atoms with Gasteiger partial charge in [-0.2, -0.15) is 0 Å². The van der Waals surface area contributed by atoms with Crippen LogP contribution in [0.15, 0.2) is 11.1 Å². The van der Waals surface area contributed by atoms with Gasteiger partial charge in [0.15, 0.2) is 0 Å². The minimum atomic E-state index is 0.202. The molecule has 13 heavy (non-hydrogen) atoms. The van der Waals surface area contributed by atoms with Gasteiger partial charge >= 0.3 is 0 Å². The Labute approximate surface area is 79.2 Å². The van der Waals surface area contributed by atoms with Crippen molar-refractivity contribution >= 4 is 5.78 Å². The van der Waals surface area contributed by atoms with E-state index in [0.29, 0.717) is 5.78 Å². The lowest BCUT2D eigenvalue weighted by Gasteiger charge is -2.29. The SMILES string of the molecule is C#CC1=C2CCCC(=O)C2CCC1. The van der Waals surface area contributed by atoms with Gasteiger partial charge in [-0.25, -0.2) is 0 Å². The van der Waals surface area contributed by atoms with Gasteiger partial charge in [0.2, 0.25) is 0 Å². The summed E-state index contributed by atoms with van der Waals surface area (Å²) in [6.07, 6.45) is 11.4. The summed E-state index contributed by atoms with van der Waals surface area (Å²) in [5.74, 6) is 3.38. The molecule has 0 saturated heterocycles. The zero-order chi connectivity index (χ0) is 9.26. The molecule has 1 atom stereocenters. The molecule has 0 aromatic heterocycles. The smallest absolute Gasteiger partial charge is 0.140 e. The lowest BCUT2D eigenvalue weighted by molar-refractivity contribution is -0.123. The van der Waals surface area contributed by atoms with Crippen LogP contribution < -0.4 is 0 Å². The van der Waals surface area contributed by atoms with Gasteiger partial charge in [-0.1, -0.05) is 5.92 Å². The first-order valence-corrected chi connectivity index (χ1v) is 5.04. The van der Waals surface area contributed by atoms with Gasteiger partial charge in [0.25, 0.3) is 0 Å². The van der Waals surface area contributed by atoms with E-state index < -0.39 is 0 Å². The largest absolute Gasteiger partial charge is 0.299 e. The molecule has 0 radical (unpaired) electrons. The fourth-order valence-electron chi connectivity index (χ4n) is 2.50. The standard InChI is InChI=1S/C12H14O/c1-2-9-5-3-7-11-10(9)6-4-8-12(11)13/h1,11H,3-8H2. The molecule has 1 saturated carbocycles. The van der Waals surface area contributed by atoms with Gasteiger partial charge < -0.3 is 0 Å². The van der Waals surface area contributed by atoms with Crippen molar-refractivity contribution in [2.45, 2.75) is 38.5 Å². The topological polar surface area (TPSA) is 17.1 Å². The Kier molecular flexibility index (Phi) is 2.22.